The van der Waals surface area contributed by atoms with Gasteiger partial charge in [-0.15, -0.1) is 0 Å². The predicted octanol–water partition coefficient (Wildman–Crippen LogP) is 1.50. The molecule has 1 aromatic carbocycles. The molecule has 0 amide bonds. The van der Waals surface area contributed by atoms with Crippen molar-refractivity contribution in [2.24, 2.45) is 5.89 Å². The SMILES string of the molecule is [2H]OC1C=C[C@]2([2H])[C@@]34CCN(C)[C@]2([2H])C([2H])([2H])c2ccc(OC([2H])([2H])[2H])c(c23)OC14[2H]. The van der Waals surface area contributed by atoms with E-state index < -0.39 is 42.9 Å². The summed E-state index contributed by atoms with van der Waals surface area (Å²) in [5.41, 5.74) is -1.37. The van der Waals surface area contributed by atoms with Gasteiger partial charge in [0.2, 0.25) is 1.43 Å². The van der Waals surface area contributed by atoms with Crippen LogP contribution >= 0.6 is 0 Å². The summed E-state index contributed by atoms with van der Waals surface area (Å²) < 4.78 is 86.9. The van der Waals surface area contributed by atoms with Crippen molar-refractivity contribution in [3.05, 3.63) is 35.4 Å². The van der Waals surface area contributed by atoms with Crippen LogP contribution in [0.4, 0.5) is 0 Å². The Balaban J connectivity index is 1.93. The molecule has 0 radical (unpaired) electrons. The van der Waals surface area contributed by atoms with Crippen molar-refractivity contribution in [3.8, 4) is 11.5 Å². The number of ether oxygens (including phenoxy) is 2. The summed E-state index contributed by atoms with van der Waals surface area (Å²) in [6.07, 6.45) is -2.93. The van der Waals surface area contributed by atoms with Crippen LogP contribution in [0.3, 0.4) is 0 Å². The average Bonchev–Trinajstić information content (AvgIpc) is 2.94. The predicted molar refractivity (Wildman–Crippen MR) is 82.5 cm³/mol. The maximum Gasteiger partial charge on any atom is 0.211 e. The van der Waals surface area contributed by atoms with E-state index in [9.17, 15) is 4.11 Å². The van der Waals surface area contributed by atoms with E-state index in [1.54, 1.807) is 7.05 Å². The third-order valence-corrected chi connectivity index (χ3v) is 5.16. The Bertz CT molecular complexity index is 1020. The molecule has 0 aromatic heterocycles. The number of likely N-dealkylation sites (N-methyl/N-ethyl adjacent to an activating group) is 1. The molecule has 1 spiro atoms. The number of methoxy groups -OCH3 is 1. The Morgan fingerprint density at radius 2 is 2.55 bits per heavy atom. The Hall–Kier alpha value is -1.52. The van der Waals surface area contributed by atoms with Crippen LogP contribution in [-0.2, 0) is 11.8 Å². The van der Waals surface area contributed by atoms with Crippen LogP contribution < -0.4 is 9.47 Å². The summed E-state index contributed by atoms with van der Waals surface area (Å²) in [6, 6.07) is 0.488. The molecule has 116 valence electrons. The average molecular weight is 308 g/mol. The maximum absolute atomic E-state index is 9.48. The fourth-order valence-corrected chi connectivity index (χ4v) is 4.18. The molecule has 4 heteroatoms. The first-order chi connectivity index (χ1) is 14.2. The van der Waals surface area contributed by atoms with E-state index in [2.05, 4.69) is 0 Å². The Morgan fingerprint density at radius 3 is 3.41 bits per heavy atom. The zero-order valence-electron chi connectivity index (χ0n) is 21.0. The molecule has 1 aromatic rings. The van der Waals surface area contributed by atoms with Gasteiger partial charge in [-0.1, -0.05) is 18.2 Å². The molecule has 2 aliphatic carbocycles. The largest absolute Gasteiger partial charge is 0.493 e. The van der Waals surface area contributed by atoms with Crippen molar-refractivity contribution in [2.45, 2.75) is 36.4 Å². The summed E-state index contributed by atoms with van der Waals surface area (Å²) in [4.78, 5) is 1.48. The lowest BCUT2D eigenvalue weighted by Crippen LogP contribution is -2.64. The Kier molecular flexibility index (Phi) is 1.28. The molecule has 2 unspecified atom stereocenters. The summed E-state index contributed by atoms with van der Waals surface area (Å²) in [5.74, 6) is -2.33. The molecule has 2 aliphatic heterocycles. The van der Waals surface area contributed by atoms with Gasteiger partial charge in [0.15, 0.2) is 11.5 Å². The molecule has 5 atom stereocenters. The fourth-order valence-electron chi connectivity index (χ4n) is 4.18. The van der Waals surface area contributed by atoms with Gasteiger partial charge in [0.1, 0.15) is 12.2 Å². The normalized spacial score (nSPS) is 59.9. The van der Waals surface area contributed by atoms with E-state index in [0.717, 1.165) is 0 Å². The molecule has 4 aliphatic rings. The number of aliphatic hydroxyl groups is 1. The molecule has 0 saturated carbocycles. The van der Waals surface area contributed by atoms with E-state index in [1.165, 1.54) is 29.2 Å². The number of hydrogen-bond acceptors (Lipinski definition) is 4. The van der Waals surface area contributed by atoms with Gasteiger partial charge in [-0.05, 0) is 38.0 Å². The van der Waals surface area contributed by atoms with Crippen LogP contribution in [0.15, 0.2) is 24.3 Å². The molecule has 1 N–H and O–H groups in total. The quantitative estimate of drug-likeness (QED) is 0.841. The third-order valence-electron chi connectivity index (χ3n) is 5.16. The molecular weight excluding hydrogens is 278 g/mol. The highest BCUT2D eigenvalue weighted by molar-refractivity contribution is 5.62. The number of hydrogen-bond donors (Lipinski definition) is 1. The van der Waals surface area contributed by atoms with Gasteiger partial charge in [0.25, 0.3) is 0 Å². The second-order valence-electron chi connectivity index (χ2n) is 6.13. The molecule has 1 fully saturated rings. The number of aliphatic hydroxyl groups excluding tert-OH is 1. The van der Waals surface area contributed by atoms with Crippen LogP contribution in [-0.4, -0.2) is 50.3 Å². The van der Waals surface area contributed by atoms with Crippen molar-refractivity contribution in [1.29, 1.82) is 1.43 Å². The van der Waals surface area contributed by atoms with Gasteiger partial charge >= 0.3 is 0 Å². The molecule has 2 bridgehead atoms. The van der Waals surface area contributed by atoms with Crippen molar-refractivity contribution in [3.63, 3.8) is 0 Å². The molecule has 5 rings (SSSR count). The maximum atomic E-state index is 9.48. The van der Waals surface area contributed by atoms with Crippen molar-refractivity contribution in [1.82, 2.24) is 4.90 Å². The molecule has 2 heterocycles. The van der Waals surface area contributed by atoms with Crippen LogP contribution in [0.5, 0.6) is 11.5 Å². The van der Waals surface area contributed by atoms with Gasteiger partial charge in [-0.2, -0.15) is 0 Å². The van der Waals surface area contributed by atoms with Crippen molar-refractivity contribution < 1.29 is 25.5 Å². The van der Waals surface area contributed by atoms with Crippen LogP contribution in [0.1, 0.15) is 28.5 Å². The smallest absolute Gasteiger partial charge is 0.211 e. The summed E-state index contributed by atoms with van der Waals surface area (Å²) in [7, 11) is -1.25. The lowest BCUT2D eigenvalue weighted by Gasteiger charge is -2.56. The lowest BCUT2D eigenvalue weighted by atomic mass is 9.53. The second kappa shape index (κ2) is 4.06. The second-order valence-corrected chi connectivity index (χ2v) is 6.13. The van der Waals surface area contributed by atoms with Crippen molar-refractivity contribution in [2.75, 3.05) is 20.6 Å². The van der Waals surface area contributed by atoms with Gasteiger partial charge < -0.3 is 19.5 Å². The van der Waals surface area contributed by atoms with E-state index in [0.29, 0.717) is 0 Å². The van der Waals surface area contributed by atoms with Gasteiger partial charge in [-0.3, -0.25) is 0 Å². The van der Waals surface area contributed by atoms with E-state index in [1.807, 2.05) is 0 Å². The van der Waals surface area contributed by atoms with Gasteiger partial charge in [0, 0.05) is 28.4 Å². The Morgan fingerprint density at radius 1 is 1.59 bits per heavy atom. The fraction of sp³-hybridized carbons (Fsp3) is 0.556. The molecule has 1 saturated heterocycles. The van der Waals surface area contributed by atoms with Crippen molar-refractivity contribution >= 4 is 0 Å². The minimum absolute atomic E-state index is 0.0537. The van der Waals surface area contributed by atoms with Crippen LogP contribution in [0.25, 0.3) is 0 Å². The first kappa shape index (κ1) is 6.93. The standard InChI is InChI=1S/C18H21NO3/c1-19-8-7-18-11-4-5-13(20)17(18)22-16-14(21-2)6-3-10(15(16)18)9-12(11)19/h3-6,11-13,17,20H,7-9H2,1-2H3/t11-,12+,13?,17?,18-/m0/s1/i2D3,9D2,11D,12D,17D,20D. The van der Waals surface area contributed by atoms with E-state index in [-0.39, 0.29) is 35.6 Å². The number of piperidine rings is 1. The van der Waals surface area contributed by atoms with Gasteiger partial charge in [-0.25, -0.2) is 0 Å². The minimum atomic E-state index is -2.82. The number of nitrogens with zero attached hydrogens (tertiary/aromatic N) is 1. The first-order valence-corrected chi connectivity index (χ1v) is 7.30. The van der Waals surface area contributed by atoms with Crippen LogP contribution in [0, 0.1) is 5.89 Å². The summed E-state index contributed by atoms with van der Waals surface area (Å²) >= 11 is 0. The minimum Gasteiger partial charge on any atom is -0.493 e. The zero-order chi connectivity index (χ0) is 22.8. The van der Waals surface area contributed by atoms with E-state index in [4.69, 9.17) is 22.9 Å². The zero-order valence-corrected chi connectivity index (χ0v) is 12.0. The number of benzene rings is 1. The summed E-state index contributed by atoms with van der Waals surface area (Å²) in [5, 5.41) is 4.78. The number of rotatable bonds is 2. The molecular formula is C18H21NO3. The first-order valence-electron chi connectivity index (χ1n) is 11.7. The Labute approximate surface area is 143 Å². The molecule has 22 heavy (non-hydrogen) atoms. The monoisotopic (exact) mass is 308 g/mol. The highest BCUT2D eigenvalue weighted by Gasteiger charge is 2.64. The highest BCUT2D eigenvalue weighted by atomic mass is 16.5. The summed E-state index contributed by atoms with van der Waals surface area (Å²) in [6.45, 7) is 0.190. The van der Waals surface area contributed by atoms with Crippen LogP contribution in [0.2, 0.25) is 0 Å². The topological polar surface area (TPSA) is 41.9 Å². The van der Waals surface area contributed by atoms with Gasteiger partial charge in [0.05, 0.1) is 12.5 Å². The lowest BCUT2D eigenvalue weighted by molar-refractivity contribution is -0.0453. The van der Waals surface area contributed by atoms with E-state index >= 15 is 0 Å². The molecule has 4 nitrogen and oxygen atoms in total. The number of likely N-dealkylation sites (tertiary alicyclic amines) is 1. The third kappa shape index (κ3) is 1.28. The highest BCUT2D eigenvalue weighted by Crippen LogP contribution is 2.62.